The molecule has 162 valence electrons. The Balaban J connectivity index is 2.02. The normalized spacial score (nSPS) is 11.9. The summed E-state index contributed by atoms with van der Waals surface area (Å²) in [6.45, 7) is 0. The van der Waals surface area contributed by atoms with Crippen LogP contribution in [0, 0.1) is 3.57 Å². The van der Waals surface area contributed by atoms with Gasteiger partial charge in [-0.25, -0.2) is 0 Å². The van der Waals surface area contributed by atoms with E-state index < -0.39 is 9.96 Å². The van der Waals surface area contributed by atoms with Gasteiger partial charge >= 0.3 is 0 Å². The van der Waals surface area contributed by atoms with Gasteiger partial charge in [0.15, 0.2) is 16.6 Å². The van der Waals surface area contributed by atoms with E-state index in [9.17, 15) is 4.79 Å². The molecule has 1 amide bonds. The Labute approximate surface area is 209 Å². The van der Waals surface area contributed by atoms with Crippen LogP contribution in [0.2, 0.25) is 0 Å². The Morgan fingerprint density at radius 2 is 1.70 bits per heavy atom. The number of hydrogen-bond acceptors (Lipinski definition) is 4. The average molecular weight is 603 g/mol. The van der Waals surface area contributed by atoms with Gasteiger partial charge in [-0.15, -0.1) is 0 Å². The van der Waals surface area contributed by atoms with Crippen LogP contribution in [0.5, 0.6) is 11.5 Å². The SMILES string of the molecule is COc1ccc(CC(=O)NC(NC(=S)Nc2ccc(I)cc2)C(Cl)(Cl)Cl)cc1OC. The van der Waals surface area contributed by atoms with Crippen molar-refractivity contribution in [2.45, 2.75) is 16.4 Å². The summed E-state index contributed by atoms with van der Waals surface area (Å²) in [5, 5.41) is 8.65. The lowest BCUT2D eigenvalue weighted by atomic mass is 10.1. The van der Waals surface area contributed by atoms with Crippen molar-refractivity contribution in [1.29, 1.82) is 0 Å². The quantitative estimate of drug-likeness (QED) is 0.186. The zero-order chi connectivity index (χ0) is 22.3. The Morgan fingerprint density at radius 1 is 1.07 bits per heavy atom. The van der Waals surface area contributed by atoms with Gasteiger partial charge in [0.25, 0.3) is 0 Å². The number of halogens is 4. The Hall–Kier alpha value is -1.20. The summed E-state index contributed by atoms with van der Waals surface area (Å²) in [6, 6.07) is 12.7. The van der Waals surface area contributed by atoms with E-state index in [1.807, 2.05) is 24.3 Å². The van der Waals surface area contributed by atoms with Gasteiger partial charge in [-0.2, -0.15) is 0 Å². The Kier molecular flexibility index (Phi) is 9.55. The van der Waals surface area contributed by atoms with E-state index in [1.54, 1.807) is 18.2 Å². The van der Waals surface area contributed by atoms with Crippen LogP contribution >= 0.6 is 69.6 Å². The fourth-order valence-electron chi connectivity index (χ4n) is 2.42. The predicted octanol–water partition coefficient (Wildman–Crippen LogP) is 4.65. The molecule has 0 heterocycles. The number of ether oxygens (including phenoxy) is 2. The summed E-state index contributed by atoms with van der Waals surface area (Å²) in [6.07, 6.45) is -1.02. The second-order valence-corrected chi connectivity index (χ2v) is 10.0. The molecule has 2 aromatic carbocycles. The fraction of sp³-hybridized carbons (Fsp3) is 0.263. The smallest absolute Gasteiger partial charge is 0.228 e. The predicted molar refractivity (Wildman–Crippen MR) is 134 cm³/mol. The molecule has 0 aromatic heterocycles. The van der Waals surface area contributed by atoms with Crippen LogP contribution in [-0.2, 0) is 11.2 Å². The molecule has 2 aromatic rings. The molecule has 0 aliphatic heterocycles. The first kappa shape index (κ1) is 25.1. The third-order valence-corrected chi connectivity index (χ3v) is 5.42. The van der Waals surface area contributed by atoms with Gasteiger partial charge in [-0.05, 0) is 76.8 Å². The lowest BCUT2D eigenvalue weighted by Crippen LogP contribution is -2.56. The van der Waals surface area contributed by atoms with Crippen molar-refractivity contribution in [3.05, 3.63) is 51.6 Å². The molecule has 2 rings (SSSR count). The highest BCUT2D eigenvalue weighted by Crippen LogP contribution is 2.30. The zero-order valence-corrected chi connectivity index (χ0v) is 21.2. The molecule has 0 bridgehead atoms. The number of hydrogen-bond donors (Lipinski definition) is 3. The van der Waals surface area contributed by atoms with Crippen LogP contribution in [0.1, 0.15) is 5.56 Å². The molecule has 3 N–H and O–H groups in total. The van der Waals surface area contributed by atoms with E-state index in [-0.39, 0.29) is 17.4 Å². The molecule has 0 saturated heterocycles. The van der Waals surface area contributed by atoms with Gasteiger partial charge in [0, 0.05) is 9.26 Å². The summed E-state index contributed by atoms with van der Waals surface area (Å²) < 4.78 is 9.69. The number of benzene rings is 2. The zero-order valence-electron chi connectivity index (χ0n) is 16.0. The highest BCUT2D eigenvalue weighted by Gasteiger charge is 2.34. The summed E-state index contributed by atoms with van der Waals surface area (Å²) in [5.41, 5.74) is 1.46. The van der Waals surface area contributed by atoms with Crippen LogP contribution in [0.15, 0.2) is 42.5 Å². The number of amides is 1. The number of thiocarbonyl (C=S) groups is 1. The lowest BCUT2D eigenvalue weighted by Gasteiger charge is -2.28. The van der Waals surface area contributed by atoms with Crippen LogP contribution in [-0.4, -0.2) is 35.2 Å². The van der Waals surface area contributed by atoms with Crippen LogP contribution in [0.25, 0.3) is 0 Å². The van der Waals surface area contributed by atoms with Gasteiger partial charge in [0.05, 0.1) is 20.6 Å². The van der Waals surface area contributed by atoms with Crippen LogP contribution < -0.4 is 25.4 Å². The fourth-order valence-corrected chi connectivity index (χ4v) is 3.34. The molecular formula is C19H19Cl3IN3O3S. The summed E-state index contributed by atoms with van der Waals surface area (Å²) >= 11 is 25.6. The third kappa shape index (κ3) is 7.81. The van der Waals surface area contributed by atoms with Crippen LogP contribution in [0.4, 0.5) is 5.69 Å². The number of methoxy groups -OCH3 is 2. The molecule has 0 aliphatic rings. The van der Waals surface area contributed by atoms with E-state index in [1.165, 1.54) is 14.2 Å². The first-order valence-electron chi connectivity index (χ1n) is 8.52. The second-order valence-electron chi connectivity index (χ2n) is 6.01. The van der Waals surface area contributed by atoms with Crippen molar-refractivity contribution in [2.75, 3.05) is 19.5 Å². The number of alkyl halides is 3. The second kappa shape index (κ2) is 11.4. The Bertz CT molecular complexity index is 895. The molecule has 30 heavy (non-hydrogen) atoms. The molecule has 11 heteroatoms. The van der Waals surface area contributed by atoms with E-state index in [4.69, 9.17) is 56.5 Å². The maximum absolute atomic E-state index is 12.5. The van der Waals surface area contributed by atoms with E-state index in [2.05, 4.69) is 38.5 Å². The minimum absolute atomic E-state index is 0.0383. The highest BCUT2D eigenvalue weighted by atomic mass is 127. The lowest BCUT2D eigenvalue weighted by molar-refractivity contribution is -0.121. The topological polar surface area (TPSA) is 71.6 Å². The van der Waals surface area contributed by atoms with Crippen molar-refractivity contribution in [3.63, 3.8) is 0 Å². The van der Waals surface area contributed by atoms with Gasteiger partial charge in [-0.1, -0.05) is 40.9 Å². The molecule has 0 spiro atoms. The Morgan fingerprint density at radius 3 is 2.27 bits per heavy atom. The number of rotatable bonds is 7. The number of carbonyl (C=O) groups is 1. The monoisotopic (exact) mass is 601 g/mol. The molecular weight excluding hydrogens is 584 g/mol. The van der Waals surface area contributed by atoms with E-state index in [0.29, 0.717) is 17.1 Å². The highest BCUT2D eigenvalue weighted by molar-refractivity contribution is 14.1. The van der Waals surface area contributed by atoms with Crippen molar-refractivity contribution < 1.29 is 14.3 Å². The maximum atomic E-state index is 12.5. The number of carbonyl (C=O) groups excluding carboxylic acids is 1. The minimum atomic E-state index is -1.84. The van der Waals surface area contributed by atoms with E-state index in [0.717, 1.165) is 9.26 Å². The molecule has 1 atom stereocenters. The van der Waals surface area contributed by atoms with Crippen LogP contribution in [0.3, 0.4) is 0 Å². The number of anilines is 1. The van der Waals surface area contributed by atoms with Gasteiger partial charge < -0.3 is 25.4 Å². The molecule has 6 nitrogen and oxygen atoms in total. The molecule has 1 unspecified atom stereocenters. The third-order valence-electron chi connectivity index (χ3n) is 3.82. The summed E-state index contributed by atoms with van der Waals surface area (Å²) in [7, 11) is 3.06. The molecule has 0 fully saturated rings. The minimum Gasteiger partial charge on any atom is -0.493 e. The molecule has 0 aliphatic carbocycles. The first-order chi connectivity index (χ1) is 14.1. The molecule has 0 saturated carbocycles. The largest absolute Gasteiger partial charge is 0.493 e. The van der Waals surface area contributed by atoms with Crippen molar-refractivity contribution in [3.8, 4) is 11.5 Å². The molecule has 0 radical (unpaired) electrons. The van der Waals surface area contributed by atoms with E-state index >= 15 is 0 Å². The number of nitrogens with one attached hydrogen (secondary N) is 3. The van der Waals surface area contributed by atoms with Crippen molar-refractivity contribution in [2.24, 2.45) is 0 Å². The standard InChI is InChI=1S/C19H19Cl3IN3O3S/c1-28-14-8-3-11(9-15(14)29-2)10-16(27)25-17(19(20,21)22)26-18(30)24-13-6-4-12(23)5-7-13/h3-9,17H,10H2,1-2H3,(H,25,27)(H2,24,26,30). The van der Waals surface area contributed by atoms with Crippen molar-refractivity contribution >= 4 is 86.3 Å². The van der Waals surface area contributed by atoms with Gasteiger partial charge in [0.2, 0.25) is 9.70 Å². The average Bonchev–Trinajstić information content (AvgIpc) is 2.68. The first-order valence-corrected chi connectivity index (χ1v) is 11.1. The summed E-state index contributed by atoms with van der Waals surface area (Å²) in [5.74, 6) is 0.708. The van der Waals surface area contributed by atoms with Gasteiger partial charge in [0.1, 0.15) is 6.17 Å². The summed E-state index contributed by atoms with van der Waals surface area (Å²) in [4.78, 5) is 12.5. The van der Waals surface area contributed by atoms with Gasteiger partial charge in [-0.3, -0.25) is 4.79 Å². The van der Waals surface area contributed by atoms with Crippen molar-refractivity contribution in [1.82, 2.24) is 10.6 Å². The maximum Gasteiger partial charge on any atom is 0.228 e.